The van der Waals surface area contributed by atoms with E-state index in [2.05, 4.69) is 44.7 Å². The third kappa shape index (κ3) is 7.70. The molecule has 1 saturated heterocycles. The smallest absolute Gasteiger partial charge is 0.253 e. The van der Waals surface area contributed by atoms with Crippen LogP contribution in [0, 0.1) is 23.2 Å². The van der Waals surface area contributed by atoms with Crippen LogP contribution < -0.4 is 0 Å². The molecule has 3 aromatic rings. The summed E-state index contributed by atoms with van der Waals surface area (Å²) in [5.41, 5.74) is 5.52. The first-order chi connectivity index (χ1) is 18.9. The Hall–Kier alpha value is -3.17. The van der Waals surface area contributed by atoms with E-state index in [-0.39, 0.29) is 5.91 Å². The molecule has 0 atom stereocenters. The van der Waals surface area contributed by atoms with Crippen LogP contribution in [0.5, 0.6) is 0 Å². The predicted molar refractivity (Wildman–Crippen MR) is 159 cm³/mol. The fourth-order valence-electron chi connectivity index (χ4n) is 5.40. The minimum Gasteiger partial charge on any atom is -0.339 e. The Kier molecular flexibility index (Phi) is 10.2. The summed E-state index contributed by atoms with van der Waals surface area (Å²) < 4.78 is 1.92. The number of likely N-dealkylation sites (tertiary alicyclic amines) is 1. The molecule has 0 bridgehead atoms. The number of nitriles is 1. The van der Waals surface area contributed by atoms with Gasteiger partial charge in [0.2, 0.25) is 0 Å². The number of nitrogens with zero attached hydrogens (tertiary/aromatic N) is 5. The van der Waals surface area contributed by atoms with Crippen LogP contribution in [0.15, 0.2) is 42.6 Å². The van der Waals surface area contributed by atoms with E-state index in [0.717, 1.165) is 67.7 Å². The van der Waals surface area contributed by atoms with Crippen LogP contribution >= 0.6 is 0 Å². The van der Waals surface area contributed by atoms with E-state index in [9.17, 15) is 10.1 Å². The molecule has 1 aromatic carbocycles. The molecule has 6 heteroatoms. The fraction of sp³-hybridized carbons (Fsp3) is 0.545. The molecule has 4 rings (SSSR count). The molecular formula is C33H45N5O. The van der Waals surface area contributed by atoms with E-state index in [1.54, 1.807) is 0 Å². The maximum atomic E-state index is 13.8. The average molecular weight is 528 g/mol. The zero-order chi connectivity index (χ0) is 27.8. The van der Waals surface area contributed by atoms with Crippen molar-refractivity contribution < 1.29 is 4.79 Å². The molecule has 0 unspecified atom stereocenters. The number of hydrogen-bond donors (Lipinski definition) is 0. The first kappa shape index (κ1) is 28.8. The van der Waals surface area contributed by atoms with Crippen LogP contribution in [0.3, 0.4) is 0 Å². The van der Waals surface area contributed by atoms with Crippen LogP contribution in [0.4, 0.5) is 0 Å². The molecular weight excluding hydrogens is 482 g/mol. The van der Waals surface area contributed by atoms with E-state index >= 15 is 0 Å². The number of carbonyl (C=O) groups is 1. The van der Waals surface area contributed by atoms with Gasteiger partial charge in [-0.05, 0) is 94.3 Å². The maximum absolute atomic E-state index is 13.8. The summed E-state index contributed by atoms with van der Waals surface area (Å²) in [5, 5.41) is 14.2. The SMILES string of the molecule is CC(C)CCN(CCC(C)C)C(=O)c1ccn2nc(-c3ccc(C#N)cc3)c(CCCN3CCCCC3)c2c1. The van der Waals surface area contributed by atoms with Crippen molar-refractivity contribution in [1.82, 2.24) is 19.4 Å². The lowest BCUT2D eigenvalue weighted by Gasteiger charge is -2.26. The molecule has 0 N–H and O–H groups in total. The second-order valence-corrected chi connectivity index (χ2v) is 11.9. The second kappa shape index (κ2) is 13.8. The Morgan fingerprint density at radius 3 is 2.28 bits per heavy atom. The zero-order valence-corrected chi connectivity index (χ0v) is 24.3. The summed E-state index contributed by atoms with van der Waals surface area (Å²) in [6.45, 7) is 13.9. The summed E-state index contributed by atoms with van der Waals surface area (Å²) in [6, 6.07) is 13.9. The third-order valence-electron chi connectivity index (χ3n) is 7.86. The van der Waals surface area contributed by atoms with Gasteiger partial charge in [-0.1, -0.05) is 46.2 Å². The van der Waals surface area contributed by atoms with Gasteiger partial charge in [0.25, 0.3) is 5.91 Å². The standard InChI is InChI=1S/C33H45N5O/c1-25(2)14-20-37(21-15-26(3)4)33(39)29-16-22-38-31(23-29)30(9-8-19-36-17-6-5-7-18-36)32(35-38)28-12-10-27(24-34)11-13-28/h10-13,16,22-23,25-26H,5-9,14-15,17-21H2,1-4H3. The second-order valence-electron chi connectivity index (χ2n) is 11.9. The summed E-state index contributed by atoms with van der Waals surface area (Å²) in [7, 11) is 0. The van der Waals surface area contributed by atoms with E-state index in [1.165, 1.54) is 37.9 Å². The lowest BCUT2D eigenvalue weighted by atomic mass is 10.0. The van der Waals surface area contributed by atoms with Crippen molar-refractivity contribution in [2.24, 2.45) is 11.8 Å². The van der Waals surface area contributed by atoms with Crippen LogP contribution in [0.25, 0.3) is 16.8 Å². The first-order valence-electron chi connectivity index (χ1n) is 14.9. The highest BCUT2D eigenvalue weighted by molar-refractivity contribution is 5.95. The molecule has 6 nitrogen and oxygen atoms in total. The number of carbonyl (C=O) groups excluding carboxylic acids is 1. The maximum Gasteiger partial charge on any atom is 0.253 e. The van der Waals surface area contributed by atoms with Crippen molar-refractivity contribution in [1.29, 1.82) is 5.26 Å². The minimum absolute atomic E-state index is 0.110. The molecule has 1 fully saturated rings. The predicted octanol–water partition coefficient (Wildman–Crippen LogP) is 6.83. The number of hydrogen-bond acceptors (Lipinski definition) is 4. The normalized spacial score (nSPS) is 14.3. The van der Waals surface area contributed by atoms with Gasteiger partial charge in [-0.2, -0.15) is 10.4 Å². The topological polar surface area (TPSA) is 64.6 Å². The lowest BCUT2D eigenvalue weighted by Crippen LogP contribution is -2.34. The molecule has 0 spiro atoms. The van der Waals surface area contributed by atoms with E-state index < -0.39 is 0 Å². The molecule has 1 amide bonds. The van der Waals surface area contributed by atoms with Crippen LogP contribution in [0.1, 0.15) is 87.7 Å². The number of aromatic nitrogens is 2. The highest BCUT2D eigenvalue weighted by Gasteiger charge is 2.21. The number of piperidine rings is 1. The fourth-order valence-corrected chi connectivity index (χ4v) is 5.40. The van der Waals surface area contributed by atoms with Gasteiger partial charge in [0, 0.05) is 36.0 Å². The highest BCUT2D eigenvalue weighted by atomic mass is 16.2. The van der Waals surface area contributed by atoms with Crippen molar-refractivity contribution in [3.05, 3.63) is 59.3 Å². The molecule has 208 valence electrons. The van der Waals surface area contributed by atoms with Gasteiger partial charge in [-0.3, -0.25) is 4.79 Å². The van der Waals surface area contributed by atoms with E-state index in [0.29, 0.717) is 17.4 Å². The van der Waals surface area contributed by atoms with Crippen molar-refractivity contribution in [3.8, 4) is 17.3 Å². The summed E-state index contributed by atoms with van der Waals surface area (Å²) >= 11 is 0. The zero-order valence-electron chi connectivity index (χ0n) is 24.3. The Morgan fingerprint density at radius 2 is 1.67 bits per heavy atom. The minimum atomic E-state index is 0.110. The Bertz CT molecular complexity index is 1250. The van der Waals surface area contributed by atoms with Gasteiger partial charge in [-0.15, -0.1) is 0 Å². The summed E-state index contributed by atoms with van der Waals surface area (Å²) in [4.78, 5) is 18.4. The molecule has 0 radical (unpaired) electrons. The van der Waals surface area contributed by atoms with Crippen molar-refractivity contribution in [2.75, 3.05) is 32.7 Å². The van der Waals surface area contributed by atoms with Crippen LogP contribution in [-0.4, -0.2) is 58.0 Å². The van der Waals surface area contributed by atoms with Gasteiger partial charge < -0.3 is 9.80 Å². The van der Waals surface area contributed by atoms with Gasteiger partial charge in [0.1, 0.15) is 0 Å². The number of aryl methyl sites for hydroxylation is 1. The largest absolute Gasteiger partial charge is 0.339 e. The lowest BCUT2D eigenvalue weighted by molar-refractivity contribution is 0.0741. The molecule has 1 aliphatic heterocycles. The van der Waals surface area contributed by atoms with Crippen molar-refractivity contribution in [3.63, 3.8) is 0 Å². The van der Waals surface area contributed by atoms with Crippen LogP contribution in [0.2, 0.25) is 0 Å². The Labute approximate surface area is 234 Å². The number of benzene rings is 1. The molecule has 39 heavy (non-hydrogen) atoms. The van der Waals surface area contributed by atoms with Crippen molar-refractivity contribution >= 4 is 11.4 Å². The molecule has 3 heterocycles. The van der Waals surface area contributed by atoms with Gasteiger partial charge >= 0.3 is 0 Å². The number of amides is 1. The molecule has 1 aliphatic rings. The number of fused-ring (bicyclic) bond motifs is 1. The monoisotopic (exact) mass is 527 g/mol. The van der Waals surface area contributed by atoms with E-state index in [4.69, 9.17) is 5.10 Å². The third-order valence-corrected chi connectivity index (χ3v) is 7.86. The quantitative estimate of drug-likeness (QED) is 0.259. The summed E-state index contributed by atoms with van der Waals surface area (Å²) in [6.07, 6.45) is 9.83. The average Bonchev–Trinajstić information content (AvgIpc) is 3.30. The molecule has 0 aliphatic carbocycles. The molecule has 2 aromatic heterocycles. The molecule has 0 saturated carbocycles. The summed E-state index contributed by atoms with van der Waals surface area (Å²) in [5.74, 6) is 1.22. The highest BCUT2D eigenvalue weighted by Crippen LogP contribution is 2.29. The van der Waals surface area contributed by atoms with Gasteiger partial charge in [-0.25, -0.2) is 4.52 Å². The van der Waals surface area contributed by atoms with Gasteiger partial charge in [0.05, 0.1) is 22.8 Å². The number of pyridine rings is 1. The van der Waals surface area contributed by atoms with Crippen LogP contribution in [-0.2, 0) is 6.42 Å². The van der Waals surface area contributed by atoms with Gasteiger partial charge in [0.15, 0.2) is 0 Å². The Morgan fingerprint density at radius 1 is 1.00 bits per heavy atom. The Balaban J connectivity index is 1.65. The number of rotatable bonds is 12. The van der Waals surface area contributed by atoms with E-state index in [1.807, 2.05) is 45.9 Å². The van der Waals surface area contributed by atoms with Crippen molar-refractivity contribution in [2.45, 2.75) is 72.6 Å². The first-order valence-corrected chi connectivity index (χ1v) is 14.9.